The van der Waals surface area contributed by atoms with Crippen LogP contribution >= 0.6 is 23.1 Å². The number of imide groups is 1. The molecule has 0 fully saturated rings. The van der Waals surface area contributed by atoms with Gasteiger partial charge in [0, 0.05) is 5.75 Å². The SMILES string of the molecule is O=C1c2ccccc2C(=O)N1c1ccc2nc(SCCc3ccccc3)sc2c1. The molecular formula is C23H16N2O2S2. The van der Waals surface area contributed by atoms with Gasteiger partial charge in [-0.2, -0.15) is 0 Å². The number of carbonyl (C=O) groups is 2. The van der Waals surface area contributed by atoms with Crippen LogP contribution in [0.3, 0.4) is 0 Å². The minimum atomic E-state index is -0.271. The van der Waals surface area contributed by atoms with Gasteiger partial charge < -0.3 is 0 Å². The number of benzene rings is 3. The molecule has 0 unspecified atom stereocenters. The summed E-state index contributed by atoms with van der Waals surface area (Å²) in [6.07, 6.45) is 0.988. The summed E-state index contributed by atoms with van der Waals surface area (Å²) in [7, 11) is 0. The quantitative estimate of drug-likeness (QED) is 0.321. The zero-order valence-electron chi connectivity index (χ0n) is 15.4. The van der Waals surface area contributed by atoms with Crippen molar-refractivity contribution in [3.8, 4) is 0 Å². The lowest BCUT2D eigenvalue weighted by Gasteiger charge is -2.13. The molecule has 0 saturated heterocycles. The van der Waals surface area contributed by atoms with E-state index in [-0.39, 0.29) is 11.8 Å². The van der Waals surface area contributed by atoms with Crippen molar-refractivity contribution in [3.63, 3.8) is 0 Å². The number of aromatic nitrogens is 1. The monoisotopic (exact) mass is 416 g/mol. The number of thioether (sulfide) groups is 1. The predicted octanol–water partition coefficient (Wildman–Crippen LogP) is 5.43. The van der Waals surface area contributed by atoms with E-state index in [2.05, 4.69) is 29.2 Å². The first kappa shape index (κ1) is 18.1. The van der Waals surface area contributed by atoms with Gasteiger partial charge in [0.25, 0.3) is 11.8 Å². The van der Waals surface area contributed by atoms with Gasteiger partial charge in [-0.15, -0.1) is 11.3 Å². The highest BCUT2D eigenvalue weighted by Crippen LogP contribution is 2.35. The van der Waals surface area contributed by atoms with Crippen LogP contribution in [-0.2, 0) is 6.42 Å². The van der Waals surface area contributed by atoms with E-state index in [4.69, 9.17) is 0 Å². The Hall–Kier alpha value is -2.96. The average molecular weight is 417 g/mol. The van der Waals surface area contributed by atoms with E-state index in [1.54, 1.807) is 53.4 Å². The summed E-state index contributed by atoms with van der Waals surface area (Å²) < 4.78 is 1.97. The molecule has 0 saturated carbocycles. The van der Waals surface area contributed by atoms with E-state index in [1.807, 2.05) is 18.2 Å². The van der Waals surface area contributed by atoms with Gasteiger partial charge >= 0.3 is 0 Å². The number of carbonyl (C=O) groups excluding carboxylic acids is 2. The minimum absolute atomic E-state index is 0.271. The van der Waals surface area contributed by atoms with Crippen molar-refractivity contribution in [3.05, 3.63) is 89.5 Å². The summed E-state index contributed by atoms with van der Waals surface area (Å²) in [4.78, 5) is 31.4. The molecule has 4 nitrogen and oxygen atoms in total. The first-order chi connectivity index (χ1) is 14.2. The van der Waals surface area contributed by atoms with Crippen LogP contribution in [0.25, 0.3) is 10.2 Å². The van der Waals surface area contributed by atoms with Gasteiger partial charge in [0.15, 0.2) is 4.34 Å². The maximum absolute atomic E-state index is 12.7. The number of rotatable bonds is 5. The van der Waals surface area contributed by atoms with Gasteiger partial charge in [-0.3, -0.25) is 9.59 Å². The molecule has 1 aliphatic heterocycles. The summed E-state index contributed by atoms with van der Waals surface area (Å²) in [5.74, 6) is 0.411. The smallest absolute Gasteiger partial charge is 0.266 e. The highest BCUT2D eigenvalue weighted by Gasteiger charge is 2.36. The Kier molecular flexibility index (Phi) is 4.66. The van der Waals surface area contributed by atoms with Gasteiger partial charge in [-0.25, -0.2) is 9.88 Å². The maximum atomic E-state index is 12.7. The third kappa shape index (κ3) is 3.34. The molecule has 4 aromatic rings. The van der Waals surface area contributed by atoms with Crippen molar-refractivity contribution in [2.75, 3.05) is 10.7 Å². The number of anilines is 1. The Balaban J connectivity index is 1.36. The summed E-state index contributed by atoms with van der Waals surface area (Å²) in [5.41, 5.74) is 3.71. The number of fused-ring (bicyclic) bond motifs is 2. The zero-order valence-corrected chi connectivity index (χ0v) is 17.0. The first-order valence-electron chi connectivity index (χ1n) is 9.26. The Bertz CT molecular complexity index is 1200. The van der Waals surface area contributed by atoms with Crippen molar-refractivity contribution in [2.24, 2.45) is 0 Å². The molecule has 2 heterocycles. The largest absolute Gasteiger partial charge is 0.268 e. The molecule has 3 aromatic carbocycles. The molecule has 142 valence electrons. The highest BCUT2D eigenvalue weighted by atomic mass is 32.2. The van der Waals surface area contributed by atoms with Crippen LogP contribution < -0.4 is 4.90 Å². The molecule has 0 radical (unpaired) electrons. The second kappa shape index (κ2) is 7.46. The number of hydrogen-bond acceptors (Lipinski definition) is 5. The van der Waals surface area contributed by atoms with Crippen LogP contribution in [0.4, 0.5) is 5.69 Å². The summed E-state index contributed by atoms with van der Waals surface area (Å²) in [6.45, 7) is 0. The summed E-state index contributed by atoms with van der Waals surface area (Å²) in [5, 5.41) is 0. The number of amides is 2. The van der Waals surface area contributed by atoms with Crippen LogP contribution in [0.5, 0.6) is 0 Å². The van der Waals surface area contributed by atoms with Crippen molar-refractivity contribution in [1.29, 1.82) is 0 Å². The van der Waals surface area contributed by atoms with Crippen LogP contribution in [0.1, 0.15) is 26.3 Å². The van der Waals surface area contributed by atoms with Crippen molar-refractivity contribution in [1.82, 2.24) is 4.98 Å². The van der Waals surface area contributed by atoms with Crippen molar-refractivity contribution >= 4 is 50.8 Å². The van der Waals surface area contributed by atoms with E-state index >= 15 is 0 Å². The fourth-order valence-electron chi connectivity index (χ4n) is 3.42. The molecule has 0 aliphatic carbocycles. The number of hydrogen-bond donors (Lipinski definition) is 0. The standard InChI is InChI=1S/C23H16N2O2S2/c26-21-17-8-4-5-9-18(17)22(27)25(21)16-10-11-19-20(14-16)29-23(24-19)28-13-12-15-6-2-1-3-7-15/h1-11,14H,12-13H2. The summed E-state index contributed by atoms with van der Waals surface area (Å²) >= 11 is 3.32. The van der Waals surface area contributed by atoms with E-state index in [0.717, 1.165) is 26.7 Å². The van der Waals surface area contributed by atoms with Gasteiger partial charge in [0.1, 0.15) is 0 Å². The van der Waals surface area contributed by atoms with E-state index in [0.29, 0.717) is 16.8 Å². The highest BCUT2D eigenvalue weighted by molar-refractivity contribution is 8.01. The number of aryl methyl sites for hydroxylation is 1. The first-order valence-corrected chi connectivity index (χ1v) is 11.1. The van der Waals surface area contributed by atoms with Crippen LogP contribution in [-0.4, -0.2) is 22.6 Å². The average Bonchev–Trinajstić information content (AvgIpc) is 3.27. The predicted molar refractivity (Wildman–Crippen MR) is 118 cm³/mol. The second-order valence-electron chi connectivity index (χ2n) is 6.71. The Morgan fingerprint density at radius 2 is 1.55 bits per heavy atom. The van der Waals surface area contributed by atoms with Gasteiger partial charge in [0.05, 0.1) is 27.0 Å². The third-order valence-electron chi connectivity index (χ3n) is 4.86. The molecule has 0 N–H and O–H groups in total. The molecule has 0 bridgehead atoms. The normalized spacial score (nSPS) is 13.3. The lowest BCUT2D eigenvalue weighted by molar-refractivity contribution is 0.0926. The molecule has 29 heavy (non-hydrogen) atoms. The topological polar surface area (TPSA) is 50.3 Å². The molecule has 2 amide bonds. The lowest BCUT2D eigenvalue weighted by atomic mass is 10.1. The van der Waals surface area contributed by atoms with Crippen molar-refractivity contribution < 1.29 is 9.59 Å². The van der Waals surface area contributed by atoms with Crippen LogP contribution in [0.15, 0.2) is 77.1 Å². The fraction of sp³-hybridized carbons (Fsp3) is 0.0870. The summed E-state index contributed by atoms with van der Waals surface area (Å²) in [6, 6.07) is 22.9. The maximum Gasteiger partial charge on any atom is 0.266 e. The molecule has 5 rings (SSSR count). The minimum Gasteiger partial charge on any atom is -0.268 e. The molecule has 1 aliphatic rings. The second-order valence-corrected chi connectivity index (χ2v) is 9.08. The molecule has 6 heteroatoms. The zero-order chi connectivity index (χ0) is 19.8. The van der Waals surface area contributed by atoms with E-state index in [1.165, 1.54) is 10.5 Å². The molecule has 0 atom stereocenters. The van der Waals surface area contributed by atoms with Crippen molar-refractivity contribution in [2.45, 2.75) is 10.8 Å². The molecular weight excluding hydrogens is 400 g/mol. The lowest BCUT2D eigenvalue weighted by Crippen LogP contribution is -2.29. The molecule has 1 aromatic heterocycles. The van der Waals surface area contributed by atoms with Gasteiger partial charge in [-0.05, 0) is 42.3 Å². The number of thiazole rings is 1. The fourth-order valence-corrected chi connectivity index (χ4v) is 5.58. The van der Waals surface area contributed by atoms with Crippen LogP contribution in [0, 0.1) is 0 Å². The Labute approximate surface area is 176 Å². The van der Waals surface area contributed by atoms with Crippen LogP contribution in [0.2, 0.25) is 0 Å². The number of nitrogens with zero attached hydrogens (tertiary/aromatic N) is 2. The van der Waals surface area contributed by atoms with E-state index < -0.39 is 0 Å². The molecule has 0 spiro atoms. The Morgan fingerprint density at radius 1 is 0.862 bits per heavy atom. The van der Waals surface area contributed by atoms with E-state index in [9.17, 15) is 9.59 Å². The Morgan fingerprint density at radius 3 is 2.28 bits per heavy atom. The third-order valence-corrected chi connectivity index (χ3v) is 7.03. The van der Waals surface area contributed by atoms with Gasteiger partial charge in [0.2, 0.25) is 0 Å². The van der Waals surface area contributed by atoms with Gasteiger partial charge in [-0.1, -0.05) is 54.2 Å².